The molecule has 90 valence electrons. The molecule has 0 aliphatic heterocycles. The second kappa shape index (κ2) is 76.0. The summed E-state index contributed by atoms with van der Waals surface area (Å²) in [7, 11) is -7.26. The zero-order valence-electron chi connectivity index (χ0n) is 6.97. The molecule has 0 amide bonds. The molecule has 0 rings (SSSR count). The van der Waals surface area contributed by atoms with Crippen molar-refractivity contribution < 1.29 is 44.5 Å². The normalized spacial score (nSPS) is 2.82. The molecule has 0 saturated carbocycles. The predicted molar refractivity (Wildman–Crippen MR) is 67.4 cm³/mol. The molecule has 0 spiro atoms. The van der Waals surface area contributed by atoms with Gasteiger partial charge in [0, 0.05) is 18.3 Å². The third-order valence-corrected chi connectivity index (χ3v) is 0. The van der Waals surface area contributed by atoms with Gasteiger partial charge < -0.3 is 44.5 Å². The van der Waals surface area contributed by atoms with Crippen molar-refractivity contribution in [2.45, 2.75) is 0 Å². The molecule has 9 nitrogen and oxygen atoms in total. The molecule has 0 atom stereocenters. The molecule has 0 aromatic rings. The number of hydrogen-bond acceptors (Lipinski definition) is 8. The van der Waals surface area contributed by atoms with E-state index in [2.05, 4.69) is 0 Å². The Bertz CT molecular complexity index is 87.5. The fourth-order valence-electron chi connectivity index (χ4n) is 0. The van der Waals surface area contributed by atoms with Crippen LogP contribution in [0.1, 0.15) is 0 Å². The molecular weight excluding hydrogens is 354 g/mol. The third kappa shape index (κ3) is 607. The molecule has 0 aliphatic carbocycles. The minimum atomic E-state index is -3.63. The van der Waals surface area contributed by atoms with Gasteiger partial charge in [0.2, 0.25) is 0 Å². The number of rotatable bonds is 0. The molecule has 0 saturated heterocycles. The van der Waals surface area contributed by atoms with Crippen LogP contribution in [0.25, 0.3) is 0 Å². The van der Waals surface area contributed by atoms with Crippen molar-refractivity contribution in [1.29, 1.82) is 0 Å². The summed E-state index contributed by atoms with van der Waals surface area (Å²) >= 11 is 0. The van der Waals surface area contributed by atoms with Crippen LogP contribution in [0.15, 0.2) is 0 Å². The summed E-state index contributed by atoms with van der Waals surface area (Å²) in [5.41, 5.74) is 0. The first-order valence-corrected chi connectivity index (χ1v) is 3.67. The summed E-state index contributed by atoms with van der Waals surface area (Å²) in [5.74, 6) is 0. The zero-order chi connectivity index (χ0) is 7.15. The molecule has 0 aromatic carbocycles. The van der Waals surface area contributed by atoms with Gasteiger partial charge in [-0.2, -0.15) is 0 Å². The fraction of sp³-hybridized carbons (Fsp3) is 0. The summed E-state index contributed by atoms with van der Waals surface area (Å²) in [4.78, 5) is 34.1. The van der Waals surface area contributed by atoms with Gasteiger partial charge in [-0.15, -0.1) is 0 Å². The zero-order valence-corrected chi connectivity index (χ0v) is 13.2. The smallest absolute Gasteiger partial charge is 0.870 e. The van der Waals surface area contributed by atoms with E-state index in [-0.39, 0.29) is 138 Å². The molecule has 17 heteroatoms. The van der Waals surface area contributed by atoms with Crippen LogP contribution in [0.5, 0.6) is 0 Å². The van der Waals surface area contributed by atoms with Gasteiger partial charge in [-0.05, 0) is 0 Å². The summed E-state index contributed by atoms with van der Waals surface area (Å²) < 4.78 is 17.0. The van der Waals surface area contributed by atoms with Crippen molar-refractivity contribution >= 4 is 140 Å². The van der Waals surface area contributed by atoms with E-state index in [9.17, 15) is 0 Å². The van der Waals surface area contributed by atoms with E-state index in [1.807, 2.05) is 0 Å². The second-order valence-corrected chi connectivity index (χ2v) is 1.50. The minimum Gasteiger partial charge on any atom is -0.870 e. The van der Waals surface area contributed by atoms with Crippen molar-refractivity contribution in [3.63, 3.8) is 0 Å². The maximum absolute atomic E-state index is 8.52. The molecule has 4 N–H and O–H groups in total. The first kappa shape index (κ1) is 89.1. The van der Waals surface area contributed by atoms with Crippen molar-refractivity contribution in [1.82, 2.24) is 0 Å². The first-order chi connectivity index (χ1) is 3.46. The Morgan fingerprint density at radius 2 is 0.588 bits per heavy atom. The molecule has 0 unspecified atom stereocenters. The Hall–Kier alpha value is 3.01. The average molecular weight is 367 g/mol. The fourth-order valence-corrected chi connectivity index (χ4v) is 0. The Labute approximate surface area is 181 Å². The van der Waals surface area contributed by atoms with Crippen LogP contribution in [0, 0.1) is 0 Å². The molecule has 0 radical (unpaired) electrons. The van der Waals surface area contributed by atoms with Crippen LogP contribution in [-0.2, 0) is 8.92 Å². The van der Waals surface area contributed by atoms with E-state index < -0.39 is 18.3 Å². The van der Waals surface area contributed by atoms with Gasteiger partial charge in [-0.25, -0.2) is 0 Å². The van der Waals surface area contributed by atoms with Gasteiger partial charge in [0.05, 0.1) is 0 Å². The quantitative estimate of drug-likeness (QED) is 0.373. The van der Waals surface area contributed by atoms with Crippen LogP contribution in [-0.4, -0.2) is 156 Å². The van der Waals surface area contributed by atoms with Gasteiger partial charge in [0.1, 0.15) is 0 Å². The first-order valence-electron chi connectivity index (χ1n) is 1.22. The SMILES string of the molecule is O.O=[Si]([O-])[O-].O=[Si]([O-])[O-].[AlH3].[AlH3].[AlH3].[Mg+2].[Mg+2].[Mg+2].[OH-].[OH-]. The third-order valence-electron chi connectivity index (χ3n) is 0. The van der Waals surface area contributed by atoms with E-state index in [1.54, 1.807) is 0 Å². The van der Waals surface area contributed by atoms with Gasteiger partial charge in [-0.1, -0.05) is 0 Å². The van der Waals surface area contributed by atoms with Crippen molar-refractivity contribution in [3.8, 4) is 0 Å². The number of hydrogen-bond donors (Lipinski definition) is 0. The van der Waals surface area contributed by atoms with E-state index in [0.717, 1.165) is 0 Å². The van der Waals surface area contributed by atoms with Crippen LogP contribution in [0.4, 0.5) is 0 Å². The van der Waals surface area contributed by atoms with E-state index in [4.69, 9.17) is 28.1 Å². The topological polar surface area (TPSA) is 218 Å². The van der Waals surface area contributed by atoms with Crippen molar-refractivity contribution in [2.24, 2.45) is 0 Å². The Kier molecular flexibility index (Phi) is 398. The molecule has 0 aliphatic rings. The standard InChI is InChI=1S/3Al.3Mg.2O3Si.3H2O.9H/c;;;;;;2*1-4(2)3;;;;;;;;;;;;/h;;;;;;;;3*1H2;;;;;;;;;/q;;;3*+2;2*-2;;;;;;;;;;;;/p-2. The largest absolute Gasteiger partial charge is 2.00 e. The van der Waals surface area contributed by atoms with Crippen LogP contribution in [0.3, 0.4) is 0 Å². The summed E-state index contributed by atoms with van der Waals surface area (Å²) in [6, 6.07) is 0. The minimum absolute atomic E-state index is 0. The Morgan fingerprint density at radius 3 is 0.588 bits per heavy atom. The van der Waals surface area contributed by atoms with Crippen molar-refractivity contribution in [2.75, 3.05) is 0 Å². The second-order valence-electron chi connectivity index (χ2n) is 0.500. The Balaban J connectivity index is -0.00000000308. The molecule has 0 fully saturated rings. The van der Waals surface area contributed by atoms with Crippen LogP contribution in [0.2, 0.25) is 0 Å². The molecular formula is H13Al3Mg3O9Si2. The Morgan fingerprint density at radius 1 is 0.588 bits per heavy atom. The monoisotopic (exact) mass is 366 g/mol. The predicted octanol–water partition coefficient (Wildman–Crippen LogP) is -11.6. The van der Waals surface area contributed by atoms with Gasteiger partial charge in [0.25, 0.3) is 0 Å². The average Bonchev–Trinajstić information content (AvgIpc) is 1.25. The van der Waals surface area contributed by atoms with Gasteiger partial charge in [-0.3, -0.25) is 0 Å². The van der Waals surface area contributed by atoms with E-state index in [1.165, 1.54) is 0 Å². The summed E-state index contributed by atoms with van der Waals surface area (Å²) in [5, 5.41) is 0. The molecule has 0 bridgehead atoms. The maximum Gasteiger partial charge on any atom is 2.00 e. The van der Waals surface area contributed by atoms with Crippen LogP contribution >= 0.6 is 0 Å². The van der Waals surface area contributed by atoms with Gasteiger partial charge >= 0.3 is 69.2 Å². The summed E-state index contributed by atoms with van der Waals surface area (Å²) in [6.45, 7) is 0. The van der Waals surface area contributed by atoms with Crippen molar-refractivity contribution in [3.05, 3.63) is 0 Å². The maximum atomic E-state index is 8.52. The molecule has 0 aromatic heterocycles. The molecule has 0 heterocycles. The molecule has 17 heavy (non-hydrogen) atoms. The summed E-state index contributed by atoms with van der Waals surface area (Å²) in [6.07, 6.45) is 0. The van der Waals surface area contributed by atoms with Gasteiger partial charge in [0.15, 0.2) is 52.1 Å². The van der Waals surface area contributed by atoms with Crippen LogP contribution < -0.4 is 19.2 Å². The van der Waals surface area contributed by atoms with E-state index in [0.29, 0.717) is 0 Å². The van der Waals surface area contributed by atoms with E-state index >= 15 is 0 Å².